The van der Waals surface area contributed by atoms with Crippen molar-refractivity contribution in [1.82, 2.24) is 30.3 Å². The van der Waals surface area contributed by atoms with E-state index < -0.39 is 0 Å². The number of aryl methyl sites for hydroxylation is 1. The molecule has 2 atom stereocenters. The van der Waals surface area contributed by atoms with Gasteiger partial charge in [0.2, 0.25) is 5.91 Å². The van der Waals surface area contributed by atoms with Gasteiger partial charge in [-0.05, 0) is 17.7 Å². The summed E-state index contributed by atoms with van der Waals surface area (Å²) in [5.74, 6) is 1.62. The van der Waals surface area contributed by atoms with Gasteiger partial charge in [-0.3, -0.25) is 14.6 Å². The zero-order valence-electron chi connectivity index (χ0n) is 16.3. The molecule has 3 aromatic rings. The number of nitrogens with zero attached hydrogens (tertiary/aromatic N) is 4. The summed E-state index contributed by atoms with van der Waals surface area (Å²) in [6, 6.07) is 7.64. The highest BCUT2D eigenvalue weighted by molar-refractivity contribution is 5.97. The Hall–Kier alpha value is -3.00. The second-order valence-corrected chi connectivity index (χ2v) is 7.55. The maximum Gasteiger partial charge on any atom is 0.229 e. The van der Waals surface area contributed by atoms with Crippen molar-refractivity contribution in [3.8, 4) is 11.4 Å². The van der Waals surface area contributed by atoms with Crippen LogP contribution in [0.4, 0.5) is 5.69 Å². The van der Waals surface area contributed by atoms with Crippen LogP contribution in [0.2, 0.25) is 0 Å². The van der Waals surface area contributed by atoms with Gasteiger partial charge in [0.05, 0.1) is 17.8 Å². The van der Waals surface area contributed by atoms with Gasteiger partial charge in [0.25, 0.3) is 0 Å². The van der Waals surface area contributed by atoms with E-state index in [1.165, 1.54) is 0 Å². The standard InChI is InChI=1S/C20H25N7O/c1-12(2)18-24-19(26-25-18)14-6-4-5-7-17(14)23-20(28)16-10-21-9-15(16)13-8-22-27(3)11-13/h4-8,11-12,15-16,21H,9-10H2,1-3H3,(H,23,28)(H,24,25,26)/t15-,16+/m1/s1. The zero-order chi connectivity index (χ0) is 19.7. The molecule has 1 aliphatic heterocycles. The van der Waals surface area contributed by atoms with Crippen molar-refractivity contribution in [2.24, 2.45) is 13.0 Å². The monoisotopic (exact) mass is 379 g/mol. The third kappa shape index (κ3) is 3.55. The van der Waals surface area contributed by atoms with E-state index in [-0.39, 0.29) is 23.7 Å². The van der Waals surface area contributed by atoms with Gasteiger partial charge in [0.1, 0.15) is 5.82 Å². The number of para-hydroxylation sites is 1. The number of aromatic amines is 1. The van der Waals surface area contributed by atoms with Crippen molar-refractivity contribution >= 4 is 11.6 Å². The number of hydrogen-bond donors (Lipinski definition) is 3. The van der Waals surface area contributed by atoms with E-state index in [2.05, 4.69) is 44.8 Å². The predicted octanol–water partition coefficient (Wildman–Crippen LogP) is 2.27. The number of benzene rings is 1. The van der Waals surface area contributed by atoms with E-state index in [0.717, 1.165) is 29.2 Å². The molecule has 3 heterocycles. The summed E-state index contributed by atoms with van der Waals surface area (Å²) in [6.45, 7) is 5.53. The molecule has 8 heteroatoms. The lowest BCUT2D eigenvalue weighted by molar-refractivity contribution is -0.119. The van der Waals surface area contributed by atoms with E-state index in [4.69, 9.17) is 0 Å². The minimum absolute atomic E-state index is 0.00841. The maximum atomic E-state index is 13.1. The molecule has 1 aromatic carbocycles. The minimum atomic E-state index is -0.157. The number of carbonyl (C=O) groups excluding carboxylic acids is 1. The molecule has 1 aliphatic rings. The lowest BCUT2D eigenvalue weighted by Gasteiger charge is -2.18. The highest BCUT2D eigenvalue weighted by Crippen LogP contribution is 2.31. The van der Waals surface area contributed by atoms with Crippen molar-refractivity contribution in [1.29, 1.82) is 0 Å². The summed E-state index contributed by atoms with van der Waals surface area (Å²) < 4.78 is 1.77. The van der Waals surface area contributed by atoms with E-state index in [1.54, 1.807) is 4.68 Å². The topological polar surface area (TPSA) is 101 Å². The molecule has 0 aliphatic carbocycles. The SMILES string of the molecule is CC(C)c1nc(-c2ccccc2NC(=O)[C@H]2CNC[C@@H]2c2cnn(C)c2)n[nH]1. The summed E-state index contributed by atoms with van der Waals surface area (Å²) in [5, 5.41) is 18.0. The number of nitrogens with one attached hydrogen (secondary N) is 3. The van der Waals surface area contributed by atoms with Crippen LogP contribution in [-0.4, -0.2) is 44.0 Å². The summed E-state index contributed by atoms with van der Waals surface area (Å²) in [5.41, 5.74) is 2.61. The van der Waals surface area contributed by atoms with E-state index in [0.29, 0.717) is 12.4 Å². The van der Waals surface area contributed by atoms with E-state index >= 15 is 0 Å². The summed E-state index contributed by atoms with van der Waals surface area (Å²) in [4.78, 5) is 17.6. The van der Waals surface area contributed by atoms with Crippen LogP contribution in [0.5, 0.6) is 0 Å². The molecule has 3 N–H and O–H groups in total. The van der Waals surface area contributed by atoms with Crippen LogP contribution < -0.4 is 10.6 Å². The summed E-state index contributed by atoms with van der Waals surface area (Å²) in [6.07, 6.45) is 3.82. The Kier molecular flexibility index (Phi) is 4.95. The zero-order valence-corrected chi connectivity index (χ0v) is 16.3. The molecular formula is C20H25N7O. The number of H-pyrrole nitrogens is 1. The first-order chi connectivity index (χ1) is 13.5. The first-order valence-corrected chi connectivity index (χ1v) is 9.54. The third-order valence-electron chi connectivity index (χ3n) is 5.18. The van der Waals surface area contributed by atoms with Gasteiger partial charge in [0.15, 0.2) is 5.82 Å². The Bertz CT molecular complexity index is 974. The Balaban J connectivity index is 1.56. The van der Waals surface area contributed by atoms with Crippen LogP contribution in [0.1, 0.15) is 37.1 Å². The van der Waals surface area contributed by atoms with E-state index in [9.17, 15) is 4.79 Å². The second-order valence-electron chi connectivity index (χ2n) is 7.55. The van der Waals surface area contributed by atoms with Crippen LogP contribution in [0.3, 0.4) is 0 Å². The molecule has 1 saturated heterocycles. The molecular weight excluding hydrogens is 354 g/mol. The first-order valence-electron chi connectivity index (χ1n) is 9.54. The van der Waals surface area contributed by atoms with Crippen LogP contribution >= 0.6 is 0 Å². The fourth-order valence-corrected chi connectivity index (χ4v) is 3.60. The van der Waals surface area contributed by atoms with Gasteiger partial charge < -0.3 is 10.6 Å². The molecule has 0 saturated carbocycles. The molecule has 146 valence electrons. The van der Waals surface area contributed by atoms with Gasteiger partial charge >= 0.3 is 0 Å². The maximum absolute atomic E-state index is 13.1. The molecule has 0 spiro atoms. The number of hydrogen-bond acceptors (Lipinski definition) is 5. The molecule has 28 heavy (non-hydrogen) atoms. The molecule has 8 nitrogen and oxygen atoms in total. The fraction of sp³-hybridized carbons (Fsp3) is 0.400. The smallest absolute Gasteiger partial charge is 0.229 e. The lowest BCUT2D eigenvalue weighted by Crippen LogP contribution is -2.28. The van der Waals surface area contributed by atoms with Crippen molar-refractivity contribution in [3.63, 3.8) is 0 Å². The molecule has 0 bridgehead atoms. The average molecular weight is 379 g/mol. The van der Waals surface area contributed by atoms with Crippen molar-refractivity contribution in [3.05, 3.63) is 48.0 Å². The first kappa shape index (κ1) is 18.4. The number of anilines is 1. The molecule has 0 unspecified atom stereocenters. The highest BCUT2D eigenvalue weighted by Gasteiger charge is 2.35. The molecule has 1 amide bonds. The van der Waals surface area contributed by atoms with Crippen LogP contribution in [-0.2, 0) is 11.8 Å². The average Bonchev–Trinajstić information content (AvgIpc) is 3.42. The Labute approximate surface area is 163 Å². The van der Waals surface area contributed by atoms with Gasteiger partial charge in [-0.1, -0.05) is 26.0 Å². The number of amides is 1. The number of rotatable bonds is 5. The highest BCUT2D eigenvalue weighted by atomic mass is 16.2. The number of carbonyl (C=O) groups is 1. The van der Waals surface area contributed by atoms with Gasteiger partial charge in [-0.2, -0.15) is 10.2 Å². The quantitative estimate of drug-likeness (QED) is 0.631. The Morgan fingerprint density at radius 2 is 2.11 bits per heavy atom. The van der Waals surface area contributed by atoms with Gasteiger partial charge in [0, 0.05) is 43.7 Å². The third-order valence-corrected chi connectivity index (χ3v) is 5.18. The Morgan fingerprint density at radius 1 is 1.29 bits per heavy atom. The summed E-state index contributed by atoms with van der Waals surface area (Å²) >= 11 is 0. The lowest BCUT2D eigenvalue weighted by atomic mass is 9.90. The van der Waals surface area contributed by atoms with Crippen LogP contribution in [0, 0.1) is 5.92 Å². The predicted molar refractivity (Wildman–Crippen MR) is 107 cm³/mol. The van der Waals surface area contributed by atoms with Crippen LogP contribution in [0.15, 0.2) is 36.7 Å². The minimum Gasteiger partial charge on any atom is -0.325 e. The van der Waals surface area contributed by atoms with Gasteiger partial charge in [-0.15, -0.1) is 0 Å². The fourth-order valence-electron chi connectivity index (χ4n) is 3.60. The summed E-state index contributed by atoms with van der Waals surface area (Å²) in [7, 11) is 1.89. The largest absolute Gasteiger partial charge is 0.325 e. The van der Waals surface area contributed by atoms with Crippen LogP contribution in [0.25, 0.3) is 11.4 Å². The van der Waals surface area contributed by atoms with Crippen molar-refractivity contribution in [2.75, 3.05) is 18.4 Å². The molecule has 1 fully saturated rings. The second kappa shape index (κ2) is 7.55. The number of aromatic nitrogens is 5. The van der Waals surface area contributed by atoms with Gasteiger partial charge in [-0.25, -0.2) is 4.98 Å². The van der Waals surface area contributed by atoms with Crippen molar-refractivity contribution < 1.29 is 4.79 Å². The van der Waals surface area contributed by atoms with E-state index in [1.807, 2.05) is 43.7 Å². The van der Waals surface area contributed by atoms with Crippen molar-refractivity contribution in [2.45, 2.75) is 25.7 Å². The Morgan fingerprint density at radius 3 is 2.82 bits per heavy atom. The normalized spacial score (nSPS) is 19.3. The molecule has 2 aromatic heterocycles. The molecule has 0 radical (unpaired) electrons. The molecule has 4 rings (SSSR count).